The molecule has 150 valence electrons. The second-order valence-electron chi connectivity index (χ2n) is 7.56. The molecule has 25 heavy (non-hydrogen) atoms. The Morgan fingerprint density at radius 2 is 1.12 bits per heavy atom. The molecule has 0 aromatic rings. The largest absolute Gasteiger partial charge is 0.481 e. The molecule has 0 bridgehead atoms. The van der Waals surface area contributed by atoms with E-state index in [-0.39, 0.29) is 5.92 Å². The van der Waals surface area contributed by atoms with E-state index in [1.54, 1.807) is 7.11 Å². The van der Waals surface area contributed by atoms with Crippen molar-refractivity contribution in [1.29, 1.82) is 0 Å². The van der Waals surface area contributed by atoms with Gasteiger partial charge in [-0.1, -0.05) is 96.8 Å². The summed E-state index contributed by atoms with van der Waals surface area (Å²) >= 11 is 0. The summed E-state index contributed by atoms with van der Waals surface area (Å²) in [6, 6.07) is 0. The maximum absolute atomic E-state index is 11.4. The number of carbonyl (C=O) groups is 1. The van der Waals surface area contributed by atoms with Crippen LogP contribution in [0.2, 0.25) is 0 Å². The van der Waals surface area contributed by atoms with Crippen molar-refractivity contribution in [2.45, 2.75) is 116 Å². The molecule has 0 spiro atoms. The van der Waals surface area contributed by atoms with E-state index >= 15 is 0 Å². The van der Waals surface area contributed by atoms with Crippen molar-refractivity contribution < 1.29 is 14.6 Å². The van der Waals surface area contributed by atoms with Gasteiger partial charge in [-0.2, -0.15) is 0 Å². The highest BCUT2D eigenvalue weighted by Crippen LogP contribution is 2.19. The first-order valence-corrected chi connectivity index (χ1v) is 10.9. The van der Waals surface area contributed by atoms with E-state index in [0.29, 0.717) is 0 Å². The first-order valence-electron chi connectivity index (χ1n) is 10.9. The molecule has 0 amide bonds. The van der Waals surface area contributed by atoms with Gasteiger partial charge in [-0.05, 0) is 19.3 Å². The number of hydrogen-bond acceptors (Lipinski definition) is 2. The van der Waals surface area contributed by atoms with Crippen LogP contribution in [0.15, 0.2) is 0 Å². The summed E-state index contributed by atoms with van der Waals surface area (Å²) < 4.78 is 5.05. The summed E-state index contributed by atoms with van der Waals surface area (Å²) in [6.45, 7) is 3.11. The molecule has 1 N–H and O–H groups in total. The first-order chi connectivity index (χ1) is 12.2. The van der Waals surface area contributed by atoms with Crippen LogP contribution in [-0.4, -0.2) is 24.8 Å². The van der Waals surface area contributed by atoms with Crippen molar-refractivity contribution in [3.63, 3.8) is 0 Å². The van der Waals surface area contributed by atoms with E-state index in [1.807, 2.05) is 0 Å². The minimum atomic E-state index is -0.584. The SMILES string of the molecule is CCCCCCCCCCCC(CCCCCCCCOC)C(=O)O. The van der Waals surface area contributed by atoms with E-state index in [1.165, 1.54) is 77.0 Å². The normalized spacial score (nSPS) is 12.4. The zero-order valence-corrected chi connectivity index (χ0v) is 17.1. The molecule has 1 unspecified atom stereocenters. The molecule has 0 saturated carbocycles. The zero-order chi connectivity index (χ0) is 18.6. The molecule has 0 saturated heterocycles. The van der Waals surface area contributed by atoms with Gasteiger partial charge in [0.15, 0.2) is 0 Å². The third kappa shape index (κ3) is 18.0. The number of ether oxygens (including phenoxy) is 1. The highest BCUT2D eigenvalue weighted by molar-refractivity contribution is 5.69. The quantitative estimate of drug-likeness (QED) is 0.239. The lowest BCUT2D eigenvalue weighted by Gasteiger charge is -2.12. The summed E-state index contributed by atoms with van der Waals surface area (Å²) in [4.78, 5) is 11.4. The maximum atomic E-state index is 11.4. The third-order valence-corrected chi connectivity index (χ3v) is 5.16. The molecule has 0 aliphatic carbocycles. The lowest BCUT2D eigenvalue weighted by atomic mass is 9.94. The van der Waals surface area contributed by atoms with E-state index in [0.717, 1.165) is 38.7 Å². The van der Waals surface area contributed by atoms with Crippen LogP contribution in [-0.2, 0) is 9.53 Å². The number of aliphatic carboxylic acids is 1. The summed E-state index contributed by atoms with van der Waals surface area (Å²) in [7, 11) is 1.75. The van der Waals surface area contributed by atoms with Gasteiger partial charge in [0.25, 0.3) is 0 Å². The number of carboxylic acids is 1. The van der Waals surface area contributed by atoms with E-state index in [2.05, 4.69) is 6.92 Å². The van der Waals surface area contributed by atoms with Gasteiger partial charge in [-0.3, -0.25) is 4.79 Å². The number of hydrogen-bond donors (Lipinski definition) is 1. The lowest BCUT2D eigenvalue weighted by Crippen LogP contribution is -2.13. The van der Waals surface area contributed by atoms with Crippen LogP contribution in [0.5, 0.6) is 0 Å². The highest BCUT2D eigenvalue weighted by atomic mass is 16.5. The molecule has 0 aromatic carbocycles. The summed E-state index contributed by atoms with van der Waals surface area (Å²) in [6.07, 6.45) is 20.5. The van der Waals surface area contributed by atoms with Crippen LogP contribution in [0.4, 0.5) is 0 Å². The molecule has 0 fully saturated rings. The number of unbranched alkanes of at least 4 members (excludes halogenated alkanes) is 13. The Morgan fingerprint density at radius 1 is 0.720 bits per heavy atom. The topological polar surface area (TPSA) is 46.5 Å². The monoisotopic (exact) mass is 356 g/mol. The Hall–Kier alpha value is -0.570. The molecule has 0 aliphatic rings. The van der Waals surface area contributed by atoms with Gasteiger partial charge < -0.3 is 9.84 Å². The van der Waals surface area contributed by atoms with E-state index in [9.17, 15) is 9.90 Å². The van der Waals surface area contributed by atoms with Gasteiger partial charge in [0, 0.05) is 13.7 Å². The smallest absolute Gasteiger partial charge is 0.306 e. The Morgan fingerprint density at radius 3 is 1.52 bits per heavy atom. The van der Waals surface area contributed by atoms with E-state index in [4.69, 9.17) is 4.74 Å². The molecule has 0 aromatic heterocycles. The highest BCUT2D eigenvalue weighted by Gasteiger charge is 2.16. The second-order valence-corrected chi connectivity index (χ2v) is 7.56. The van der Waals surface area contributed by atoms with Gasteiger partial charge >= 0.3 is 5.97 Å². The zero-order valence-electron chi connectivity index (χ0n) is 17.1. The van der Waals surface area contributed by atoms with E-state index < -0.39 is 5.97 Å². The summed E-state index contributed by atoms with van der Waals surface area (Å²) in [5.41, 5.74) is 0. The van der Waals surface area contributed by atoms with Crippen molar-refractivity contribution in [2.24, 2.45) is 5.92 Å². The Balaban J connectivity index is 3.48. The second kappa shape index (κ2) is 19.8. The number of methoxy groups -OCH3 is 1. The minimum Gasteiger partial charge on any atom is -0.481 e. The number of carboxylic acid groups (broad SMARTS) is 1. The minimum absolute atomic E-state index is 0.113. The fourth-order valence-corrected chi connectivity index (χ4v) is 3.44. The Bertz CT molecular complexity index is 278. The first kappa shape index (κ1) is 24.4. The average molecular weight is 357 g/mol. The summed E-state index contributed by atoms with van der Waals surface area (Å²) in [5.74, 6) is -0.697. The summed E-state index contributed by atoms with van der Waals surface area (Å²) in [5, 5.41) is 9.38. The van der Waals surface area contributed by atoms with Gasteiger partial charge in [-0.25, -0.2) is 0 Å². The van der Waals surface area contributed by atoms with Crippen molar-refractivity contribution in [3.05, 3.63) is 0 Å². The molecule has 0 heterocycles. The van der Waals surface area contributed by atoms with Crippen molar-refractivity contribution in [3.8, 4) is 0 Å². The Kier molecular flexibility index (Phi) is 19.3. The van der Waals surface area contributed by atoms with Crippen LogP contribution < -0.4 is 0 Å². The van der Waals surface area contributed by atoms with Crippen molar-refractivity contribution in [1.82, 2.24) is 0 Å². The van der Waals surface area contributed by atoms with Crippen LogP contribution in [0.25, 0.3) is 0 Å². The standard InChI is InChI=1S/C22H44O3/c1-3-4-5-6-7-8-9-12-15-18-21(22(23)24)19-16-13-10-11-14-17-20-25-2/h21H,3-20H2,1-2H3,(H,23,24). The molecule has 0 aliphatic heterocycles. The van der Waals surface area contributed by atoms with Crippen molar-refractivity contribution >= 4 is 5.97 Å². The van der Waals surface area contributed by atoms with Crippen LogP contribution >= 0.6 is 0 Å². The predicted octanol–water partition coefficient (Wildman–Crippen LogP) is 6.99. The molecule has 3 heteroatoms. The van der Waals surface area contributed by atoms with Gasteiger partial charge in [0.05, 0.1) is 5.92 Å². The van der Waals surface area contributed by atoms with Gasteiger partial charge in [0.2, 0.25) is 0 Å². The molecular formula is C22H44O3. The number of rotatable bonds is 20. The van der Waals surface area contributed by atoms with Crippen LogP contribution in [0, 0.1) is 5.92 Å². The average Bonchev–Trinajstić information content (AvgIpc) is 2.60. The molecular weight excluding hydrogens is 312 g/mol. The fraction of sp³-hybridized carbons (Fsp3) is 0.955. The van der Waals surface area contributed by atoms with Gasteiger partial charge in [-0.15, -0.1) is 0 Å². The lowest BCUT2D eigenvalue weighted by molar-refractivity contribution is -0.142. The molecule has 3 nitrogen and oxygen atoms in total. The van der Waals surface area contributed by atoms with Gasteiger partial charge in [0.1, 0.15) is 0 Å². The van der Waals surface area contributed by atoms with Crippen LogP contribution in [0.1, 0.15) is 116 Å². The molecule has 0 radical (unpaired) electrons. The fourth-order valence-electron chi connectivity index (χ4n) is 3.44. The van der Waals surface area contributed by atoms with Crippen LogP contribution in [0.3, 0.4) is 0 Å². The molecule has 0 rings (SSSR count). The molecule has 1 atom stereocenters. The third-order valence-electron chi connectivity index (χ3n) is 5.16. The van der Waals surface area contributed by atoms with Crippen molar-refractivity contribution in [2.75, 3.05) is 13.7 Å². The Labute approximate surface area is 156 Å². The maximum Gasteiger partial charge on any atom is 0.306 e. The predicted molar refractivity (Wildman–Crippen MR) is 107 cm³/mol.